The van der Waals surface area contributed by atoms with Crippen LogP contribution in [0, 0.1) is 10.1 Å². The lowest BCUT2D eigenvalue weighted by atomic mass is 10.0. The second-order valence-corrected chi connectivity index (χ2v) is 5.01. The van der Waals surface area contributed by atoms with E-state index in [-0.39, 0.29) is 17.5 Å². The number of rotatable bonds is 4. The molecule has 0 fully saturated rings. The summed E-state index contributed by atoms with van der Waals surface area (Å²) in [6, 6.07) is 15.2. The van der Waals surface area contributed by atoms with Crippen molar-refractivity contribution >= 4 is 23.0 Å². The fourth-order valence-electron chi connectivity index (χ4n) is 2.26. The molecule has 1 heterocycles. The third-order valence-corrected chi connectivity index (χ3v) is 3.42. The molecule has 0 saturated carbocycles. The van der Waals surface area contributed by atoms with Gasteiger partial charge in [0.15, 0.2) is 6.10 Å². The number of non-ortho nitro benzene ring substituents is 1. The van der Waals surface area contributed by atoms with Crippen molar-refractivity contribution in [3.8, 4) is 0 Å². The zero-order chi connectivity index (χ0) is 16.2. The number of hydrogen-bond acceptors (Lipinski definition) is 5. The van der Waals surface area contributed by atoms with Crippen LogP contribution in [0.3, 0.4) is 0 Å². The molecule has 1 aliphatic heterocycles. The van der Waals surface area contributed by atoms with E-state index < -0.39 is 10.8 Å². The maximum atomic E-state index is 12.2. The summed E-state index contributed by atoms with van der Waals surface area (Å²) in [6.45, 7) is 0. The van der Waals surface area contributed by atoms with Gasteiger partial charge in [-0.3, -0.25) is 14.9 Å². The van der Waals surface area contributed by atoms with Crippen LogP contribution in [0.4, 0.5) is 11.4 Å². The van der Waals surface area contributed by atoms with E-state index in [2.05, 4.69) is 10.5 Å². The van der Waals surface area contributed by atoms with Gasteiger partial charge in [0.2, 0.25) is 0 Å². The molecule has 2 aromatic rings. The van der Waals surface area contributed by atoms with Gasteiger partial charge in [-0.15, -0.1) is 0 Å². The molecule has 0 radical (unpaired) electrons. The molecule has 23 heavy (non-hydrogen) atoms. The van der Waals surface area contributed by atoms with E-state index in [1.165, 1.54) is 18.2 Å². The summed E-state index contributed by atoms with van der Waals surface area (Å²) < 4.78 is 0. The first-order valence-electron chi connectivity index (χ1n) is 6.97. The predicted molar refractivity (Wildman–Crippen MR) is 84.0 cm³/mol. The van der Waals surface area contributed by atoms with Crippen LogP contribution in [0.15, 0.2) is 59.8 Å². The number of nitrogens with one attached hydrogen (secondary N) is 1. The molecule has 7 nitrogen and oxygen atoms in total. The van der Waals surface area contributed by atoms with Crippen molar-refractivity contribution in [1.29, 1.82) is 0 Å². The predicted octanol–water partition coefficient (Wildman–Crippen LogP) is 3.05. The third kappa shape index (κ3) is 3.34. The number of anilines is 1. The number of amides is 1. The largest absolute Gasteiger partial charge is 0.387 e. The van der Waals surface area contributed by atoms with Crippen molar-refractivity contribution in [2.24, 2.45) is 5.16 Å². The Morgan fingerprint density at radius 2 is 2.00 bits per heavy atom. The Kier molecular flexibility index (Phi) is 4.01. The zero-order valence-corrected chi connectivity index (χ0v) is 12.0. The molecule has 3 rings (SSSR count). The number of carbonyl (C=O) groups excluding carboxylic acids is 1. The first-order valence-corrected chi connectivity index (χ1v) is 6.97. The Morgan fingerprint density at radius 3 is 2.74 bits per heavy atom. The first-order chi connectivity index (χ1) is 11.1. The molecule has 1 unspecified atom stereocenters. The number of hydrogen-bond donors (Lipinski definition) is 1. The molecular weight excluding hydrogens is 298 g/mol. The van der Waals surface area contributed by atoms with Crippen LogP contribution in [0.5, 0.6) is 0 Å². The molecule has 116 valence electrons. The minimum absolute atomic E-state index is 0.0884. The van der Waals surface area contributed by atoms with Gasteiger partial charge in [-0.25, -0.2) is 0 Å². The maximum Gasteiger partial charge on any atom is 0.273 e. The number of nitro groups is 1. The van der Waals surface area contributed by atoms with Crippen LogP contribution in [0.1, 0.15) is 18.1 Å². The SMILES string of the molecule is O=C(Nc1cccc([N+](=O)[O-])c1)C1=NOC(c2ccccc2)C1. The molecule has 0 saturated heterocycles. The van der Waals surface area contributed by atoms with Crippen LogP contribution in [-0.2, 0) is 9.63 Å². The van der Waals surface area contributed by atoms with Gasteiger partial charge in [0.25, 0.3) is 11.6 Å². The lowest BCUT2D eigenvalue weighted by molar-refractivity contribution is -0.384. The fraction of sp³-hybridized carbons (Fsp3) is 0.125. The summed E-state index contributed by atoms with van der Waals surface area (Å²) >= 11 is 0. The van der Waals surface area contributed by atoms with E-state index in [1.54, 1.807) is 6.07 Å². The van der Waals surface area contributed by atoms with Crippen molar-refractivity contribution in [3.63, 3.8) is 0 Å². The summed E-state index contributed by atoms with van der Waals surface area (Å²) in [5.74, 6) is -0.427. The van der Waals surface area contributed by atoms with Crippen LogP contribution in [-0.4, -0.2) is 16.5 Å². The van der Waals surface area contributed by atoms with Gasteiger partial charge in [0.05, 0.1) is 4.92 Å². The van der Waals surface area contributed by atoms with Crippen molar-refractivity contribution in [1.82, 2.24) is 0 Å². The van der Waals surface area contributed by atoms with E-state index in [1.807, 2.05) is 30.3 Å². The smallest absolute Gasteiger partial charge is 0.273 e. The third-order valence-electron chi connectivity index (χ3n) is 3.42. The second-order valence-electron chi connectivity index (χ2n) is 5.01. The Hall–Kier alpha value is -3.22. The topological polar surface area (TPSA) is 93.8 Å². The minimum Gasteiger partial charge on any atom is -0.387 e. The summed E-state index contributed by atoms with van der Waals surface area (Å²) in [4.78, 5) is 27.7. The van der Waals surface area contributed by atoms with Crippen molar-refractivity contribution in [2.75, 3.05) is 5.32 Å². The Bertz CT molecular complexity index is 774. The van der Waals surface area contributed by atoms with E-state index in [0.29, 0.717) is 12.1 Å². The highest BCUT2D eigenvalue weighted by Crippen LogP contribution is 2.27. The van der Waals surface area contributed by atoms with Gasteiger partial charge in [0.1, 0.15) is 5.71 Å². The molecule has 1 amide bonds. The summed E-state index contributed by atoms with van der Waals surface area (Å²) in [7, 11) is 0. The van der Waals surface area contributed by atoms with Crippen LogP contribution in [0.2, 0.25) is 0 Å². The molecule has 0 spiro atoms. The van der Waals surface area contributed by atoms with Gasteiger partial charge in [-0.2, -0.15) is 0 Å². The molecule has 0 aromatic heterocycles. The van der Waals surface area contributed by atoms with Crippen molar-refractivity contribution in [3.05, 3.63) is 70.3 Å². The van der Waals surface area contributed by atoms with E-state index in [9.17, 15) is 14.9 Å². The van der Waals surface area contributed by atoms with Crippen LogP contribution >= 0.6 is 0 Å². The minimum atomic E-state index is -0.517. The molecule has 7 heteroatoms. The second kappa shape index (κ2) is 6.27. The standard InChI is InChI=1S/C16H13N3O4/c20-16(17-12-7-4-8-13(9-12)19(21)22)14-10-15(23-18-14)11-5-2-1-3-6-11/h1-9,15H,10H2,(H,17,20). The van der Waals surface area contributed by atoms with Crippen molar-refractivity contribution < 1.29 is 14.6 Å². The number of oxime groups is 1. The lowest BCUT2D eigenvalue weighted by Crippen LogP contribution is -2.21. The summed E-state index contributed by atoms with van der Waals surface area (Å²) in [5.41, 5.74) is 1.45. The highest BCUT2D eigenvalue weighted by atomic mass is 16.6. The average molecular weight is 311 g/mol. The Morgan fingerprint density at radius 1 is 1.22 bits per heavy atom. The highest BCUT2D eigenvalue weighted by Gasteiger charge is 2.27. The van der Waals surface area contributed by atoms with Crippen molar-refractivity contribution in [2.45, 2.75) is 12.5 Å². The van der Waals surface area contributed by atoms with Gasteiger partial charge in [0, 0.05) is 24.2 Å². The quantitative estimate of drug-likeness (QED) is 0.693. The van der Waals surface area contributed by atoms with E-state index >= 15 is 0 Å². The average Bonchev–Trinajstić information content (AvgIpc) is 3.06. The van der Waals surface area contributed by atoms with Crippen LogP contribution < -0.4 is 5.32 Å². The number of nitro benzene ring substituents is 1. The van der Waals surface area contributed by atoms with Crippen LogP contribution in [0.25, 0.3) is 0 Å². The van der Waals surface area contributed by atoms with Gasteiger partial charge < -0.3 is 10.2 Å². The number of nitrogens with zero attached hydrogens (tertiary/aromatic N) is 2. The molecule has 1 N–H and O–H groups in total. The molecule has 0 bridgehead atoms. The molecule has 1 atom stereocenters. The van der Waals surface area contributed by atoms with E-state index in [4.69, 9.17) is 4.84 Å². The highest BCUT2D eigenvalue weighted by molar-refractivity contribution is 6.43. The Balaban J connectivity index is 1.66. The first kappa shape index (κ1) is 14.7. The number of benzene rings is 2. The molecular formula is C16H13N3O4. The van der Waals surface area contributed by atoms with Gasteiger partial charge in [-0.1, -0.05) is 41.6 Å². The normalized spacial score (nSPS) is 16.3. The lowest BCUT2D eigenvalue weighted by Gasteiger charge is -2.07. The maximum absolute atomic E-state index is 12.2. The van der Waals surface area contributed by atoms with Gasteiger partial charge in [-0.05, 0) is 11.6 Å². The molecule has 1 aliphatic rings. The fourth-order valence-corrected chi connectivity index (χ4v) is 2.26. The zero-order valence-electron chi connectivity index (χ0n) is 12.0. The monoisotopic (exact) mass is 311 g/mol. The van der Waals surface area contributed by atoms with E-state index in [0.717, 1.165) is 5.56 Å². The van der Waals surface area contributed by atoms with Gasteiger partial charge >= 0.3 is 0 Å². The molecule has 0 aliphatic carbocycles. The summed E-state index contributed by atoms with van der Waals surface area (Å²) in [5, 5.41) is 17.2. The summed E-state index contributed by atoms with van der Waals surface area (Å²) in [6.07, 6.45) is 0.0622. The Labute approximate surface area is 131 Å². The molecule has 2 aromatic carbocycles. The number of carbonyl (C=O) groups is 1.